The Labute approximate surface area is 186 Å². The second-order valence-corrected chi connectivity index (χ2v) is 9.24. The van der Waals surface area contributed by atoms with Crippen molar-refractivity contribution in [2.45, 2.75) is 30.7 Å². The van der Waals surface area contributed by atoms with Crippen LogP contribution < -0.4 is 10.1 Å². The molecule has 1 unspecified atom stereocenters. The number of aliphatic hydroxyl groups is 1. The SMILES string of the molecule is O=C(CC(=S)NC1(C(F)(F)CO)c2cc(Br)ccc2OCC12CC2)c1ccccc1. The van der Waals surface area contributed by atoms with Crippen molar-refractivity contribution in [1.29, 1.82) is 0 Å². The Morgan fingerprint density at radius 1 is 1.23 bits per heavy atom. The molecule has 0 bridgehead atoms. The number of alkyl halides is 2. The lowest BCUT2D eigenvalue weighted by Crippen LogP contribution is -2.67. The lowest BCUT2D eigenvalue weighted by atomic mass is 9.69. The van der Waals surface area contributed by atoms with Crippen LogP contribution in [-0.4, -0.2) is 35.0 Å². The zero-order valence-corrected chi connectivity index (χ0v) is 18.4. The van der Waals surface area contributed by atoms with Crippen LogP contribution in [0, 0.1) is 5.41 Å². The van der Waals surface area contributed by atoms with Gasteiger partial charge in [-0.3, -0.25) is 4.79 Å². The van der Waals surface area contributed by atoms with E-state index in [0.717, 1.165) is 0 Å². The fourth-order valence-corrected chi connectivity index (χ4v) is 4.97. The first-order chi connectivity index (χ1) is 14.2. The van der Waals surface area contributed by atoms with Crippen molar-refractivity contribution in [3.8, 4) is 5.75 Å². The number of ketones is 1. The number of halogens is 3. The molecule has 4 rings (SSSR count). The Morgan fingerprint density at radius 3 is 2.57 bits per heavy atom. The van der Waals surface area contributed by atoms with Crippen molar-refractivity contribution in [3.63, 3.8) is 0 Å². The number of Topliss-reactive ketones (excluding diaryl/α,β-unsaturated/α-hetero) is 1. The van der Waals surface area contributed by atoms with Crippen molar-refractivity contribution < 1.29 is 23.4 Å². The van der Waals surface area contributed by atoms with Crippen LogP contribution in [0.15, 0.2) is 53.0 Å². The van der Waals surface area contributed by atoms with E-state index in [1.54, 1.807) is 48.5 Å². The van der Waals surface area contributed by atoms with Crippen LogP contribution in [0.2, 0.25) is 0 Å². The summed E-state index contributed by atoms with van der Waals surface area (Å²) in [5, 5.41) is 12.5. The Kier molecular flexibility index (Phi) is 5.45. The summed E-state index contributed by atoms with van der Waals surface area (Å²) >= 11 is 8.74. The highest BCUT2D eigenvalue weighted by molar-refractivity contribution is 9.10. The van der Waals surface area contributed by atoms with Crippen LogP contribution in [0.5, 0.6) is 5.75 Å². The summed E-state index contributed by atoms with van der Waals surface area (Å²) in [6.45, 7) is -1.28. The maximum absolute atomic E-state index is 15.5. The molecule has 30 heavy (non-hydrogen) atoms. The number of carbonyl (C=O) groups excluding carboxylic acids is 1. The van der Waals surface area contributed by atoms with Gasteiger partial charge in [0.05, 0.1) is 18.0 Å². The molecule has 1 heterocycles. The lowest BCUT2D eigenvalue weighted by molar-refractivity contribution is -0.160. The maximum Gasteiger partial charge on any atom is 0.298 e. The minimum absolute atomic E-state index is 0.0103. The van der Waals surface area contributed by atoms with E-state index in [1.807, 2.05) is 0 Å². The summed E-state index contributed by atoms with van der Waals surface area (Å²) in [7, 11) is 0. The van der Waals surface area contributed by atoms with Gasteiger partial charge >= 0.3 is 0 Å². The molecule has 0 aromatic heterocycles. The standard InChI is InChI=1S/C22H20BrF2NO3S/c23-15-6-7-18-16(10-15)22(21(24,25)12-27,20(8-9-20)13-29-18)26-19(30)11-17(28)14-4-2-1-3-5-14/h1-7,10,27H,8-9,11-13H2,(H,26,30). The van der Waals surface area contributed by atoms with Gasteiger partial charge in [0.1, 0.15) is 17.9 Å². The van der Waals surface area contributed by atoms with Gasteiger partial charge in [0.25, 0.3) is 5.92 Å². The molecule has 2 aliphatic rings. The van der Waals surface area contributed by atoms with Crippen molar-refractivity contribution in [2.24, 2.45) is 5.41 Å². The predicted molar refractivity (Wildman–Crippen MR) is 116 cm³/mol. The second kappa shape index (κ2) is 7.66. The number of fused-ring (bicyclic) bond motifs is 1. The number of carbonyl (C=O) groups is 1. The zero-order chi connectivity index (χ0) is 21.6. The van der Waals surface area contributed by atoms with E-state index in [4.69, 9.17) is 17.0 Å². The Balaban J connectivity index is 1.75. The molecule has 0 amide bonds. The molecule has 1 atom stereocenters. The molecule has 0 radical (unpaired) electrons. The summed E-state index contributed by atoms with van der Waals surface area (Å²) in [5.41, 5.74) is -2.21. The van der Waals surface area contributed by atoms with E-state index < -0.39 is 23.5 Å². The highest BCUT2D eigenvalue weighted by atomic mass is 79.9. The molecule has 1 spiro atoms. The third-order valence-electron chi connectivity index (χ3n) is 5.99. The number of hydrogen-bond acceptors (Lipinski definition) is 4. The van der Waals surface area contributed by atoms with Gasteiger partial charge in [-0.05, 0) is 31.0 Å². The predicted octanol–water partition coefficient (Wildman–Crippen LogP) is 4.63. The third-order valence-corrected chi connectivity index (χ3v) is 6.73. The molecular formula is C22H20BrF2NO3S. The van der Waals surface area contributed by atoms with Gasteiger partial charge in [-0.2, -0.15) is 0 Å². The van der Waals surface area contributed by atoms with Gasteiger partial charge in [-0.25, -0.2) is 8.78 Å². The molecular weight excluding hydrogens is 476 g/mol. The average Bonchev–Trinajstić information content (AvgIpc) is 3.51. The first kappa shape index (κ1) is 21.3. The zero-order valence-electron chi connectivity index (χ0n) is 16.0. The van der Waals surface area contributed by atoms with Crippen LogP contribution in [0.3, 0.4) is 0 Å². The molecule has 1 aliphatic carbocycles. The van der Waals surface area contributed by atoms with Crippen LogP contribution >= 0.6 is 28.1 Å². The highest BCUT2D eigenvalue weighted by Gasteiger charge is 2.73. The number of aliphatic hydroxyl groups excluding tert-OH is 1. The second-order valence-electron chi connectivity index (χ2n) is 7.84. The van der Waals surface area contributed by atoms with Gasteiger partial charge in [0, 0.05) is 21.0 Å². The largest absolute Gasteiger partial charge is 0.493 e. The van der Waals surface area contributed by atoms with E-state index in [-0.39, 0.29) is 29.4 Å². The number of benzene rings is 2. The normalized spacial score (nSPS) is 21.5. The fourth-order valence-electron chi connectivity index (χ4n) is 4.32. The maximum atomic E-state index is 15.5. The Morgan fingerprint density at radius 2 is 1.93 bits per heavy atom. The lowest BCUT2D eigenvalue weighted by Gasteiger charge is -2.50. The highest BCUT2D eigenvalue weighted by Crippen LogP contribution is 2.66. The van der Waals surface area contributed by atoms with Gasteiger partial charge < -0.3 is 15.2 Å². The molecule has 4 nitrogen and oxygen atoms in total. The van der Waals surface area contributed by atoms with E-state index in [1.165, 1.54) is 0 Å². The molecule has 0 saturated heterocycles. The number of ether oxygens (including phenoxy) is 1. The van der Waals surface area contributed by atoms with E-state index >= 15 is 8.78 Å². The van der Waals surface area contributed by atoms with Crippen molar-refractivity contribution in [3.05, 3.63) is 64.1 Å². The fraction of sp³-hybridized carbons (Fsp3) is 0.364. The third kappa shape index (κ3) is 3.35. The van der Waals surface area contributed by atoms with Gasteiger partial charge in [-0.1, -0.05) is 58.5 Å². The number of nitrogens with one attached hydrogen (secondary N) is 1. The first-order valence-corrected chi connectivity index (χ1v) is 10.8. The number of hydrogen-bond donors (Lipinski definition) is 2. The van der Waals surface area contributed by atoms with Crippen LogP contribution in [0.1, 0.15) is 35.2 Å². The molecule has 1 fully saturated rings. The molecule has 1 aliphatic heterocycles. The number of thiocarbonyl (C=S) groups is 1. The van der Waals surface area contributed by atoms with Crippen LogP contribution in [0.25, 0.3) is 0 Å². The molecule has 2 aromatic rings. The Hall–Kier alpha value is -1.90. The minimum atomic E-state index is -3.54. The van der Waals surface area contributed by atoms with E-state index in [2.05, 4.69) is 21.2 Å². The molecule has 2 N–H and O–H groups in total. The summed E-state index contributed by atoms with van der Waals surface area (Å²) in [4.78, 5) is 12.6. The van der Waals surface area contributed by atoms with Gasteiger partial charge in [0.15, 0.2) is 5.78 Å². The molecule has 1 saturated carbocycles. The van der Waals surface area contributed by atoms with E-state index in [0.29, 0.717) is 28.6 Å². The Bertz CT molecular complexity index is 997. The topological polar surface area (TPSA) is 58.6 Å². The summed E-state index contributed by atoms with van der Waals surface area (Å²) in [6.07, 6.45) is 0.788. The van der Waals surface area contributed by atoms with Crippen LogP contribution in [-0.2, 0) is 5.54 Å². The summed E-state index contributed by atoms with van der Waals surface area (Å²) in [6, 6.07) is 13.5. The average molecular weight is 496 g/mol. The van der Waals surface area contributed by atoms with Crippen molar-refractivity contribution >= 4 is 38.9 Å². The minimum Gasteiger partial charge on any atom is -0.493 e. The monoisotopic (exact) mass is 495 g/mol. The van der Waals surface area contributed by atoms with Crippen molar-refractivity contribution in [2.75, 3.05) is 13.2 Å². The molecule has 2 aromatic carbocycles. The van der Waals surface area contributed by atoms with Gasteiger partial charge in [-0.15, -0.1) is 0 Å². The van der Waals surface area contributed by atoms with Crippen LogP contribution in [0.4, 0.5) is 8.78 Å². The van der Waals surface area contributed by atoms with Gasteiger partial charge in [0.2, 0.25) is 0 Å². The summed E-state index contributed by atoms with van der Waals surface area (Å²) in [5.74, 6) is -3.49. The van der Waals surface area contributed by atoms with Crippen molar-refractivity contribution in [1.82, 2.24) is 5.32 Å². The molecule has 158 valence electrons. The number of rotatable bonds is 6. The quantitative estimate of drug-likeness (QED) is 0.451. The molecule has 8 heteroatoms. The first-order valence-electron chi connectivity index (χ1n) is 9.55. The summed E-state index contributed by atoms with van der Waals surface area (Å²) < 4.78 is 37.5. The van der Waals surface area contributed by atoms with E-state index in [9.17, 15) is 9.90 Å². The smallest absolute Gasteiger partial charge is 0.298 e.